The molecule has 1 fully saturated rings. The molecule has 0 atom stereocenters. The van der Waals surface area contributed by atoms with Crippen molar-refractivity contribution in [3.63, 3.8) is 0 Å². The first kappa shape index (κ1) is 12.0. The van der Waals surface area contributed by atoms with Gasteiger partial charge in [-0.1, -0.05) is 6.07 Å². The summed E-state index contributed by atoms with van der Waals surface area (Å²) in [6.07, 6.45) is 1.80. The molecule has 1 aliphatic rings. The number of hydrogen-bond acceptors (Lipinski definition) is 4. The monoisotopic (exact) mass is 261 g/mol. The lowest BCUT2D eigenvalue weighted by molar-refractivity contribution is 0.0905. The maximum Gasteiger partial charge on any atom is 0.272 e. The normalized spacial score (nSPS) is 16.6. The molecule has 3 rings (SSSR count). The number of anilines is 1. The van der Waals surface area contributed by atoms with Crippen molar-refractivity contribution in [2.45, 2.75) is 18.9 Å². The predicted octanol–water partition coefficient (Wildman–Crippen LogP) is 0.807. The molecule has 3 N–H and O–H groups in total. The highest BCUT2D eigenvalue weighted by Crippen LogP contribution is 2.20. The Balaban J connectivity index is 2.06. The van der Waals surface area contributed by atoms with Gasteiger partial charge in [-0.3, -0.25) is 19.8 Å². The molecule has 19 heavy (non-hydrogen) atoms. The zero-order valence-electron chi connectivity index (χ0n) is 10.4. The molecule has 6 heteroatoms. The molecule has 0 saturated carbocycles. The second kappa shape index (κ2) is 4.89. The Labute approximate surface area is 108 Å². The van der Waals surface area contributed by atoms with Crippen LogP contribution in [0.15, 0.2) is 27.8 Å². The van der Waals surface area contributed by atoms with Gasteiger partial charge in [0.2, 0.25) is 0 Å². The highest BCUT2D eigenvalue weighted by molar-refractivity contribution is 5.92. The summed E-state index contributed by atoms with van der Waals surface area (Å²) >= 11 is 0. The number of ether oxygens (including phenoxy) is 1. The van der Waals surface area contributed by atoms with Crippen LogP contribution >= 0.6 is 0 Å². The van der Waals surface area contributed by atoms with Crippen molar-refractivity contribution in [2.75, 3.05) is 18.5 Å². The lowest BCUT2D eigenvalue weighted by atomic mass is 10.1. The molecular weight excluding hydrogens is 246 g/mol. The number of fused-ring (bicyclic) bond motifs is 1. The Hall–Kier alpha value is -2.08. The number of H-pyrrole nitrogens is 2. The van der Waals surface area contributed by atoms with Crippen LogP contribution in [0.5, 0.6) is 0 Å². The van der Waals surface area contributed by atoms with Crippen LogP contribution in [0.4, 0.5) is 5.69 Å². The third-order valence-electron chi connectivity index (χ3n) is 3.41. The minimum absolute atomic E-state index is 0.276. The summed E-state index contributed by atoms with van der Waals surface area (Å²) in [6.45, 7) is 1.44. The van der Waals surface area contributed by atoms with Gasteiger partial charge in [-0.05, 0) is 25.0 Å². The highest BCUT2D eigenvalue weighted by Gasteiger charge is 2.15. The minimum Gasteiger partial charge on any atom is -0.381 e. The topological polar surface area (TPSA) is 87.0 Å². The number of aromatic amines is 2. The number of aromatic nitrogens is 2. The highest BCUT2D eigenvalue weighted by atomic mass is 16.5. The van der Waals surface area contributed by atoms with Gasteiger partial charge in [-0.15, -0.1) is 0 Å². The number of benzene rings is 1. The fourth-order valence-electron chi connectivity index (χ4n) is 2.41. The predicted molar refractivity (Wildman–Crippen MR) is 72.7 cm³/mol. The Kier molecular flexibility index (Phi) is 3.08. The van der Waals surface area contributed by atoms with Gasteiger partial charge in [0.15, 0.2) is 0 Å². The Bertz CT molecular complexity index is 698. The molecule has 2 heterocycles. The summed E-state index contributed by atoms with van der Waals surface area (Å²) in [4.78, 5) is 23.6. The van der Waals surface area contributed by atoms with Gasteiger partial charge < -0.3 is 10.1 Å². The van der Waals surface area contributed by atoms with Crippen LogP contribution in [-0.4, -0.2) is 29.5 Å². The second-order valence-electron chi connectivity index (χ2n) is 4.67. The average Bonchev–Trinajstić information content (AvgIpc) is 2.44. The van der Waals surface area contributed by atoms with Crippen molar-refractivity contribution in [1.29, 1.82) is 0 Å². The van der Waals surface area contributed by atoms with Gasteiger partial charge in [0.05, 0.1) is 10.8 Å². The fourth-order valence-corrected chi connectivity index (χ4v) is 2.41. The van der Waals surface area contributed by atoms with Crippen LogP contribution in [0, 0.1) is 0 Å². The molecule has 0 amide bonds. The van der Waals surface area contributed by atoms with E-state index in [1.54, 1.807) is 12.1 Å². The van der Waals surface area contributed by atoms with E-state index in [0.717, 1.165) is 26.1 Å². The summed E-state index contributed by atoms with van der Waals surface area (Å²) in [6, 6.07) is 5.53. The first-order valence-corrected chi connectivity index (χ1v) is 6.33. The standard InChI is InChI=1S/C13H15N3O3/c17-12-9-2-1-3-10(11(9)13(18)16-15-12)14-8-4-6-19-7-5-8/h1-3,8,14H,4-7H2,(H,15,17)(H,16,18). The van der Waals surface area contributed by atoms with Crippen LogP contribution in [0.25, 0.3) is 10.8 Å². The van der Waals surface area contributed by atoms with E-state index in [0.29, 0.717) is 16.5 Å². The molecule has 100 valence electrons. The summed E-state index contributed by atoms with van der Waals surface area (Å²) in [7, 11) is 0. The molecule has 0 aliphatic carbocycles. The van der Waals surface area contributed by atoms with E-state index in [-0.39, 0.29) is 17.2 Å². The Morgan fingerprint density at radius 2 is 1.84 bits per heavy atom. The van der Waals surface area contributed by atoms with Crippen molar-refractivity contribution in [3.05, 3.63) is 38.9 Å². The molecule has 2 aromatic rings. The maximum atomic E-state index is 11.9. The van der Waals surface area contributed by atoms with Crippen LogP contribution in [0.2, 0.25) is 0 Å². The van der Waals surface area contributed by atoms with E-state index in [1.165, 1.54) is 0 Å². The second-order valence-corrected chi connectivity index (χ2v) is 4.67. The Morgan fingerprint density at radius 3 is 2.63 bits per heavy atom. The van der Waals surface area contributed by atoms with Gasteiger partial charge in [0, 0.05) is 24.9 Å². The van der Waals surface area contributed by atoms with Crippen molar-refractivity contribution in [2.24, 2.45) is 0 Å². The zero-order valence-corrected chi connectivity index (χ0v) is 10.4. The van der Waals surface area contributed by atoms with E-state index in [9.17, 15) is 9.59 Å². The third kappa shape index (κ3) is 2.26. The van der Waals surface area contributed by atoms with Crippen molar-refractivity contribution in [3.8, 4) is 0 Å². The van der Waals surface area contributed by atoms with Gasteiger partial charge in [-0.2, -0.15) is 0 Å². The van der Waals surface area contributed by atoms with Crippen molar-refractivity contribution >= 4 is 16.5 Å². The van der Waals surface area contributed by atoms with Gasteiger partial charge in [-0.25, -0.2) is 0 Å². The molecule has 0 radical (unpaired) electrons. The number of rotatable bonds is 2. The van der Waals surface area contributed by atoms with Crippen LogP contribution in [0.1, 0.15) is 12.8 Å². The molecule has 1 aliphatic heterocycles. The van der Waals surface area contributed by atoms with Gasteiger partial charge >= 0.3 is 0 Å². The van der Waals surface area contributed by atoms with E-state index >= 15 is 0 Å². The first-order valence-electron chi connectivity index (χ1n) is 6.33. The zero-order chi connectivity index (χ0) is 13.2. The van der Waals surface area contributed by atoms with E-state index < -0.39 is 0 Å². The van der Waals surface area contributed by atoms with Crippen LogP contribution in [0.3, 0.4) is 0 Å². The SMILES string of the molecule is O=c1[nH][nH]c(=O)c2c(NC3CCOCC3)cccc12. The minimum atomic E-state index is -0.287. The summed E-state index contributed by atoms with van der Waals surface area (Å²) in [5.74, 6) is 0. The smallest absolute Gasteiger partial charge is 0.272 e. The summed E-state index contributed by atoms with van der Waals surface area (Å²) < 4.78 is 5.30. The average molecular weight is 261 g/mol. The largest absolute Gasteiger partial charge is 0.381 e. The maximum absolute atomic E-state index is 11.9. The molecule has 1 saturated heterocycles. The Morgan fingerprint density at radius 1 is 1.11 bits per heavy atom. The molecule has 6 nitrogen and oxygen atoms in total. The quantitative estimate of drug-likeness (QED) is 0.746. The van der Waals surface area contributed by atoms with Crippen LogP contribution < -0.4 is 16.4 Å². The molecule has 1 aromatic carbocycles. The molecule has 0 bridgehead atoms. The summed E-state index contributed by atoms with van der Waals surface area (Å²) in [5, 5.41) is 8.85. The van der Waals surface area contributed by atoms with Gasteiger partial charge in [0.25, 0.3) is 11.1 Å². The van der Waals surface area contributed by atoms with Crippen LogP contribution in [-0.2, 0) is 4.74 Å². The van der Waals surface area contributed by atoms with E-state index in [2.05, 4.69) is 15.5 Å². The molecule has 0 spiro atoms. The third-order valence-corrected chi connectivity index (χ3v) is 3.41. The summed E-state index contributed by atoms with van der Waals surface area (Å²) in [5.41, 5.74) is 0.131. The lowest BCUT2D eigenvalue weighted by Crippen LogP contribution is -2.29. The van der Waals surface area contributed by atoms with Gasteiger partial charge in [0.1, 0.15) is 0 Å². The number of nitrogens with one attached hydrogen (secondary N) is 3. The molecular formula is C13H15N3O3. The first-order chi connectivity index (χ1) is 9.25. The molecule has 1 aromatic heterocycles. The van der Waals surface area contributed by atoms with E-state index in [1.807, 2.05) is 6.07 Å². The fraction of sp³-hybridized carbons (Fsp3) is 0.385. The number of hydrogen-bond donors (Lipinski definition) is 3. The van der Waals surface area contributed by atoms with Crippen molar-refractivity contribution < 1.29 is 4.74 Å². The lowest BCUT2D eigenvalue weighted by Gasteiger charge is -2.24. The van der Waals surface area contributed by atoms with Crippen molar-refractivity contribution in [1.82, 2.24) is 10.2 Å². The van der Waals surface area contributed by atoms with E-state index in [4.69, 9.17) is 4.74 Å². The molecule has 0 unspecified atom stereocenters.